The monoisotopic (exact) mass is 157 g/mol. The van der Waals surface area contributed by atoms with Crippen molar-refractivity contribution in [1.29, 1.82) is 0 Å². The number of hydrogen-bond donors (Lipinski definition) is 1. The van der Waals surface area contributed by atoms with E-state index in [0.717, 1.165) is 13.0 Å². The Bertz CT molecular complexity index is 110. The Balaban J connectivity index is 2.04. The van der Waals surface area contributed by atoms with Gasteiger partial charge in [0.15, 0.2) is 0 Å². The molecule has 1 saturated heterocycles. The minimum atomic E-state index is -0.102. The van der Waals surface area contributed by atoms with E-state index in [9.17, 15) is 5.11 Å². The van der Waals surface area contributed by atoms with Crippen molar-refractivity contribution in [3.8, 4) is 0 Å². The predicted octanol–water partition coefficient (Wildman–Crippen LogP) is 1.10. The van der Waals surface area contributed by atoms with Crippen molar-refractivity contribution in [3.05, 3.63) is 0 Å². The maximum absolute atomic E-state index is 9.51. The summed E-state index contributed by atoms with van der Waals surface area (Å²) in [6.07, 6.45) is 2.15. The first-order valence-electron chi connectivity index (χ1n) is 4.59. The van der Waals surface area contributed by atoms with Gasteiger partial charge in [0.2, 0.25) is 0 Å². The van der Waals surface area contributed by atoms with Crippen LogP contribution in [0.15, 0.2) is 0 Å². The van der Waals surface area contributed by atoms with E-state index in [0.29, 0.717) is 5.92 Å². The molecule has 1 heterocycles. The second-order valence-electron chi connectivity index (χ2n) is 3.94. The number of aliphatic hydroxyl groups excluding tert-OH is 1. The molecule has 1 fully saturated rings. The van der Waals surface area contributed by atoms with E-state index in [1.807, 2.05) is 0 Å². The van der Waals surface area contributed by atoms with E-state index in [-0.39, 0.29) is 6.10 Å². The van der Waals surface area contributed by atoms with E-state index in [4.69, 9.17) is 0 Å². The summed E-state index contributed by atoms with van der Waals surface area (Å²) in [4.78, 5) is 2.31. The van der Waals surface area contributed by atoms with Crippen LogP contribution in [-0.4, -0.2) is 35.7 Å². The molecule has 66 valence electrons. The Labute approximate surface area is 69.2 Å². The molecule has 0 aromatic rings. The van der Waals surface area contributed by atoms with Crippen LogP contribution in [0.1, 0.15) is 26.7 Å². The van der Waals surface area contributed by atoms with Gasteiger partial charge in [0.1, 0.15) is 0 Å². The lowest BCUT2D eigenvalue weighted by Crippen LogP contribution is -2.42. The normalized spacial score (nSPS) is 21.8. The lowest BCUT2D eigenvalue weighted by atomic mass is 10.0. The van der Waals surface area contributed by atoms with Gasteiger partial charge in [-0.1, -0.05) is 13.8 Å². The molecule has 0 saturated carbocycles. The minimum absolute atomic E-state index is 0.102. The van der Waals surface area contributed by atoms with Crippen LogP contribution in [0.2, 0.25) is 0 Å². The molecular weight excluding hydrogens is 138 g/mol. The number of likely N-dealkylation sites (tertiary alicyclic amines) is 1. The molecule has 1 aliphatic rings. The van der Waals surface area contributed by atoms with E-state index in [1.54, 1.807) is 0 Å². The number of hydrogen-bond acceptors (Lipinski definition) is 2. The van der Waals surface area contributed by atoms with Crippen molar-refractivity contribution < 1.29 is 5.11 Å². The molecule has 0 spiro atoms. The Morgan fingerprint density at radius 1 is 1.36 bits per heavy atom. The lowest BCUT2D eigenvalue weighted by Gasteiger charge is -2.32. The van der Waals surface area contributed by atoms with E-state index < -0.39 is 0 Å². The first kappa shape index (κ1) is 9.01. The Kier molecular flexibility index (Phi) is 3.34. The summed E-state index contributed by atoms with van der Waals surface area (Å²) in [6, 6.07) is 0. The molecule has 0 amide bonds. The molecule has 1 unspecified atom stereocenters. The van der Waals surface area contributed by atoms with Gasteiger partial charge < -0.3 is 10.0 Å². The van der Waals surface area contributed by atoms with E-state index >= 15 is 0 Å². The fourth-order valence-electron chi connectivity index (χ4n) is 1.48. The largest absolute Gasteiger partial charge is 0.392 e. The van der Waals surface area contributed by atoms with Crippen molar-refractivity contribution in [2.45, 2.75) is 32.8 Å². The first-order chi connectivity index (χ1) is 5.18. The molecule has 2 nitrogen and oxygen atoms in total. The van der Waals surface area contributed by atoms with Crippen LogP contribution in [-0.2, 0) is 0 Å². The SMILES string of the molecule is CC(C)CC(O)CN1CCC1. The average Bonchev–Trinajstić information content (AvgIpc) is 1.77. The van der Waals surface area contributed by atoms with Gasteiger partial charge in [0, 0.05) is 6.54 Å². The van der Waals surface area contributed by atoms with Crippen LogP contribution < -0.4 is 0 Å². The van der Waals surface area contributed by atoms with Gasteiger partial charge in [-0.3, -0.25) is 0 Å². The Morgan fingerprint density at radius 3 is 2.36 bits per heavy atom. The van der Waals surface area contributed by atoms with Crippen molar-refractivity contribution in [2.75, 3.05) is 19.6 Å². The fourth-order valence-corrected chi connectivity index (χ4v) is 1.48. The van der Waals surface area contributed by atoms with Gasteiger partial charge in [-0.15, -0.1) is 0 Å². The zero-order valence-corrected chi connectivity index (χ0v) is 7.58. The smallest absolute Gasteiger partial charge is 0.0669 e. The quantitative estimate of drug-likeness (QED) is 0.660. The second kappa shape index (κ2) is 4.07. The van der Waals surface area contributed by atoms with Crippen LogP contribution in [0.4, 0.5) is 0 Å². The number of aliphatic hydroxyl groups is 1. The highest BCUT2D eigenvalue weighted by Crippen LogP contribution is 2.10. The third-order valence-corrected chi connectivity index (χ3v) is 2.16. The van der Waals surface area contributed by atoms with Gasteiger partial charge in [0.25, 0.3) is 0 Å². The third kappa shape index (κ3) is 3.21. The maximum Gasteiger partial charge on any atom is 0.0669 e. The van der Waals surface area contributed by atoms with E-state index in [1.165, 1.54) is 19.5 Å². The summed E-state index contributed by atoms with van der Waals surface area (Å²) in [6.45, 7) is 7.57. The molecule has 0 aliphatic carbocycles. The topological polar surface area (TPSA) is 23.5 Å². The Morgan fingerprint density at radius 2 is 2.00 bits per heavy atom. The van der Waals surface area contributed by atoms with Gasteiger partial charge in [-0.25, -0.2) is 0 Å². The molecule has 1 atom stereocenters. The molecule has 0 bridgehead atoms. The van der Waals surface area contributed by atoms with Crippen LogP contribution in [0, 0.1) is 5.92 Å². The number of β-amino-alcohol motifs (C(OH)–C–C–N with tert-alkyl or cyclic N) is 1. The molecule has 2 heteroatoms. The van der Waals surface area contributed by atoms with Gasteiger partial charge >= 0.3 is 0 Å². The summed E-state index contributed by atoms with van der Waals surface area (Å²) in [7, 11) is 0. The molecular formula is C9H19NO. The fraction of sp³-hybridized carbons (Fsp3) is 1.00. The minimum Gasteiger partial charge on any atom is -0.392 e. The third-order valence-electron chi connectivity index (χ3n) is 2.16. The number of nitrogens with zero attached hydrogens (tertiary/aromatic N) is 1. The summed E-state index contributed by atoms with van der Waals surface area (Å²) >= 11 is 0. The zero-order chi connectivity index (χ0) is 8.27. The molecule has 0 aromatic heterocycles. The summed E-state index contributed by atoms with van der Waals surface area (Å²) in [5.74, 6) is 0.617. The van der Waals surface area contributed by atoms with Crippen molar-refractivity contribution in [2.24, 2.45) is 5.92 Å². The Hall–Kier alpha value is -0.0800. The molecule has 1 N–H and O–H groups in total. The first-order valence-corrected chi connectivity index (χ1v) is 4.59. The summed E-state index contributed by atoms with van der Waals surface area (Å²) in [5.41, 5.74) is 0. The van der Waals surface area contributed by atoms with Gasteiger partial charge in [-0.05, 0) is 31.8 Å². The molecule has 0 aromatic carbocycles. The van der Waals surface area contributed by atoms with Crippen molar-refractivity contribution in [1.82, 2.24) is 4.90 Å². The average molecular weight is 157 g/mol. The van der Waals surface area contributed by atoms with E-state index in [2.05, 4.69) is 18.7 Å². The molecule has 11 heavy (non-hydrogen) atoms. The van der Waals surface area contributed by atoms with Crippen molar-refractivity contribution in [3.63, 3.8) is 0 Å². The lowest BCUT2D eigenvalue weighted by molar-refractivity contribution is 0.0661. The standard InChI is InChI=1S/C9H19NO/c1-8(2)6-9(11)7-10-4-3-5-10/h8-9,11H,3-7H2,1-2H3. The molecule has 0 radical (unpaired) electrons. The second-order valence-corrected chi connectivity index (χ2v) is 3.94. The predicted molar refractivity (Wildman–Crippen MR) is 46.5 cm³/mol. The zero-order valence-electron chi connectivity index (χ0n) is 7.58. The van der Waals surface area contributed by atoms with Crippen LogP contribution in [0.25, 0.3) is 0 Å². The highest BCUT2D eigenvalue weighted by atomic mass is 16.3. The number of rotatable bonds is 4. The highest BCUT2D eigenvalue weighted by molar-refractivity contribution is 4.72. The molecule has 1 rings (SSSR count). The van der Waals surface area contributed by atoms with Gasteiger partial charge in [-0.2, -0.15) is 0 Å². The van der Waals surface area contributed by atoms with Crippen LogP contribution in [0.5, 0.6) is 0 Å². The maximum atomic E-state index is 9.51. The van der Waals surface area contributed by atoms with Gasteiger partial charge in [0.05, 0.1) is 6.10 Å². The van der Waals surface area contributed by atoms with Crippen molar-refractivity contribution >= 4 is 0 Å². The molecule has 1 aliphatic heterocycles. The summed E-state index contributed by atoms with van der Waals surface area (Å²) in [5, 5.41) is 9.51. The highest BCUT2D eigenvalue weighted by Gasteiger charge is 2.17. The van der Waals surface area contributed by atoms with Crippen LogP contribution >= 0.6 is 0 Å². The summed E-state index contributed by atoms with van der Waals surface area (Å²) < 4.78 is 0. The van der Waals surface area contributed by atoms with Crippen LogP contribution in [0.3, 0.4) is 0 Å².